The van der Waals surface area contributed by atoms with Gasteiger partial charge in [0.1, 0.15) is 36.4 Å². The third-order valence-corrected chi connectivity index (χ3v) is 15.7. The van der Waals surface area contributed by atoms with Crippen LogP contribution in [-0.4, -0.2) is 130 Å². The number of likely N-dealkylation sites (tertiary alicyclic amines) is 1. The van der Waals surface area contributed by atoms with E-state index in [1.807, 2.05) is 4.57 Å². The van der Waals surface area contributed by atoms with Gasteiger partial charge in [0.15, 0.2) is 5.60 Å². The predicted octanol–water partition coefficient (Wildman–Crippen LogP) is 2.22. The second kappa shape index (κ2) is 24.5. The van der Waals surface area contributed by atoms with E-state index >= 15 is 4.39 Å². The molecule has 3 aliphatic heterocycles. The van der Waals surface area contributed by atoms with Gasteiger partial charge in [0, 0.05) is 54.0 Å². The Morgan fingerprint density at radius 3 is 2.40 bits per heavy atom. The van der Waals surface area contributed by atoms with Crippen LogP contribution < -0.4 is 31.9 Å². The van der Waals surface area contributed by atoms with Crippen molar-refractivity contribution in [1.82, 2.24) is 46.4 Å². The number of halogens is 1. The number of cyclic esters (lactones) is 1. The molecule has 0 bridgehead atoms. The molecule has 4 aromatic rings. The van der Waals surface area contributed by atoms with Crippen molar-refractivity contribution in [2.24, 2.45) is 0 Å². The quantitative estimate of drug-likeness (QED) is 0.0162. The number of rotatable bonds is 23. The number of unbranched alkanes of at least 4 members (excludes halogenated alkanes) is 2. The molecule has 4 aliphatic rings. The van der Waals surface area contributed by atoms with Crippen molar-refractivity contribution in [1.29, 1.82) is 0 Å². The normalized spacial score (nSPS) is 18.4. The molecular formula is C53H60FN9O12S2. The van der Waals surface area contributed by atoms with Crippen LogP contribution in [0.2, 0.25) is 0 Å². The number of aromatic nitrogens is 2. The molecule has 24 heteroatoms. The number of fused-ring (bicyclic) bond motifs is 5. The lowest BCUT2D eigenvalue weighted by Gasteiger charge is -2.32. The maximum atomic E-state index is 15.4. The molecule has 1 aliphatic carbocycles. The minimum Gasteiger partial charge on any atom is -0.458 e. The molecule has 0 spiro atoms. The fourth-order valence-electron chi connectivity index (χ4n) is 10.2. The fourth-order valence-corrected chi connectivity index (χ4v) is 11.2. The molecule has 2 aromatic heterocycles. The first-order chi connectivity index (χ1) is 36.9. The van der Waals surface area contributed by atoms with Crippen LogP contribution in [0.1, 0.15) is 96.9 Å². The predicted molar refractivity (Wildman–Crippen MR) is 280 cm³/mol. The number of aryl methyl sites for hydroxylation is 1. The number of nitrogens with zero attached hydrogens (tertiary/aromatic N) is 3. The highest BCUT2D eigenvalue weighted by Crippen LogP contribution is 2.47. The number of benzene rings is 2. The second-order valence-electron chi connectivity index (χ2n) is 19.3. The van der Waals surface area contributed by atoms with Gasteiger partial charge in [-0.25, -0.2) is 14.2 Å². The minimum atomic E-state index is -1.92. The monoisotopic (exact) mass is 1100 g/mol. The Labute approximate surface area is 451 Å². The van der Waals surface area contributed by atoms with Crippen molar-refractivity contribution in [2.45, 2.75) is 108 Å². The molecule has 2 aromatic carbocycles. The van der Waals surface area contributed by atoms with Gasteiger partial charge in [0.05, 0.1) is 54.4 Å². The summed E-state index contributed by atoms with van der Waals surface area (Å²) in [5, 5.41) is 27.3. The zero-order chi connectivity index (χ0) is 55.1. The van der Waals surface area contributed by atoms with E-state index in [1.54, 1.807) is 56.5 Å². The lowest BCUT2D eigenvalue weighted by atomic mass is 9.81. The highest BCUT2D eigenvalue weighted by atomic mass is 32.2. The summed E-state index contributed by atoms with van der Waals surface area (Å²) in [5.41, 5.74) is 3.77. The number of thioether (sulfide) groups is 1. The zero-order valence-corrected chi connectivity index (χ0v) is 44.4. The summed E-state index contributed by atoms with van der Waals surface area (Å²) in [6.07, 6.45) is 4.67. The van der Waals surface area contributed by atoms with Crippen LogP contribution in [-0.2, 0) is 84.2 Å². The van der Waals surface area contributed by atoms with Gasteiger partial charge in [-0.3, -0.25) is 43.3 Å². The summed E-state index contributed by atoms with van der Waals surface area (Å²) in [7, 11) is 0. The van der Waals surface area contributed by atoms with Gasteiger partial charge in [0.25, 0.3) is 0 Å². The van der Waals surface area contributed by atoms with Gasteiger partial charge >= 0.3 is 5.97 Å². The molecule has 8 rings (SSSR count). The SMILES string of the molecule is CC[C@@]1(O)C(=O)OCc2c1cc1n(c2=S)Cc2c-1nc1cc(F)c(C)c3c1c2[C@H](NC(=O)COCNC(=O)CNC(=O)[C@H](Cc1ccccc1)NC(=O)CNC(=O)CNC(=O)CCCCCN1C(=O)CC(SC)C1=O)CC3. The lowest BCUT2D eigenvalue weighted by Crippen LogP contribution is -2.52. The number of carbonyl (C=O) groups excluding carboxylic acids is 9. The van der Waals surface area contributed by atoms with E-state index in [0.717, 1.165) is 22.1 Å². The first kappa shape index (κ1) is 56.1. The fraction of sp³-hybridized carbons (Fsp3) is 0.453. The number of ether oxygens (including phenoxy) is 2. The standard InChI is InChI=1S/C53H60FN9O12S2/c1-4-53(73)33-18-38-48-31(24-63(38)51(76)32(33)25-75-52(53)72)47-35(15-14-30-28(2)34(54)19-36(61-48)46(30)47)59-44(68)26-74-27-58-42(66)22-57-49(70)37(17-29-11-7-5-8-12-29)60-43(67)23-56-41(65)21-55-40(64)13-9-6-10-16-62-45(69)20-39(77-3)50(62)71/h5,7-8,11-12,18-19,35,37,39,73H,4,6,9-10,13-17,20-27H2,1-3H3,(H,55,64)(H,56,65)(H,57,70)(H,58,66)(H,59,68)(H,60,67)/t35-,37+,39?,53+/m1/s1. The smallest absolute Gasteiger partial charge is 0.343 e. The first-order valence-corrected chi connectivity index (χ1v) is 27.1. The van der Waals surface area contributed by atoms with Crippen LogP contribution in [0.15, 0.2) is 42.5 Å². The molecule has 1 unspecified atom stereocenters. The van der Waals surface area contributed by atoms with E-state index in [0.29, 0.717) is 82.4 Å². The molecular weight excluding hydrogens is 1040 g/mol. The Hall–Kier alpha value is -7.15. The molecule has 7 N–H and O–H groups in total. The van der Waals surface area contributed by atoms with Gasteiger partial charge in [-0.2, -0.15) is 11.8 Å². The number of pyridine rings is 2. The number of imide groups is 1. The van der Waals surface area contributed by atoms with Crippen molar-refractivity contribution in [2.75, 3.05) is 45.8 Å². The number of amides is 8. The zero-order valence-electron chi connectivity index (χ0n) is 42.8. The molecule has 5 heterocycles. The number of aliphatic hydroxyl groups is 1. The Kier molecular flexibility index (Phi) is 17.8. The summed E-state index contributed by atoms with van der Waals surface area (Å²) in [4.78, 5) is 121. The van der Waals surface area contributed by atoms with Gasteiger partial charge < -0.3 is 51.0 Å². The van der Waals surface area contributed by atoms with Crippen LogP contribution in [0.3, 0.4) is 0 Å². The van der Waals surface area contributed by atoms with E-state index in [1.165, 1.54) is 22.7 Å². The third-order valence-electron chi connectivity index (χ3n) is 14.3. The van der Waals surface area contributed by atoms with Gasteiger partial charge in [-0.05, 0) is 73.6 Å². The Bertz CT molecular complexity index is 3120. The summed E-state index contributed by atoms with van der Waals surface area (Å²) >= 11 is 7.26. The molecule has 0 saturated carbocycles. The third kappa shape index (κ3) is 12.3. The van der Waals surface area contributed by atoms with Crippen LogP contribution in [0.25, 0.3) is 22.3 Å². The van der Waals surface area contributed by atoms with E-state index in [4.69, 9.17) is 26.7 Å². The number of esters is 1. The molecule has 408 valence electrons. The summed E-state index contributed by atoms with van der Waals surface area (Å²) < 4.78 is 28.5. The molecule has 4 atom stereocenters. The summed E-state index contributed by atoms with van der Waals surface area (Å²) in [5.74, 6) is -5.18. The Morgan fingerprint density at radius 1 is 0.935 bits per heavy atom. The van der Waals surface area contributed by atoms with Crippen molar-refractivity contribution in [3.05, 3.63) is 91.9 Å². The van der Waals surface area contributed by atoms with Crippen molar-refractivity contribution >= 4 is 88.1 Å². The number of nitrogens with one attached hydrogen (secondary N) is 6. The largest absolute Gasteiger partial charge is 0.458 e. The Balaban J connectivity index is 0.795. The van der Waals surface area contributed by atoms with Gasteiger partial charge in [0.2, 0.25) is 47.3 Å². The van der Waals surface area contributed by atoms with Crippen LogP contribution >= 0.6 is 24.0 Å². The van der Waals surface area contributed by atoms with E-state index in [9.17, 15) is 48.3 Å². The molecule has 1 saturated heterocycles. The molecule has 21 nitrogen and oxygen atoms in total. The van der Waals surface area contributed by atoms with Crippen LogP contribution in [0, 0.1) is 17.4 Å². The van der Waals surface area contributed by atoms with Crippen LogP contribution in [0.5, 0.6) is 0 Å². The summed E-state index contributed by atoms with van der Waals surface area (Å²) in [6.45, 7) is 1.54. The minimum absolute atomic E-state index is 0.0426. The van der Waals surface area contributed by atoms with Crippen molar-refractivity contribution < 1.29 is 62.1 Å². The van der Waals surface area contributed by atoms with Crippen molar-refractivity contribution in [3.63, 3.8) is 0 Å². The first-order valence-electron chi connectivity index (χ1n) is 25.4. The number of carbonyl (C=O) groups is 9. The Morgan fingerprint density at radius 2 is 1.66 bits per heavy atom. The molecule has 1 fully saturated rings. The summed E-state index contributed by atoms with van der Waals surface area (Å²) in [6, 6.07) is 10.1. The van der Waals surface area contributed by atoms with Crippen molar-refractivity contribution in [3.8, 4) is 11.4 Å². The van der Waals surface area contributed by atoms with E-state index in [2.05, 4.69) is 31.9 Å². The highest BCUT2D eigenvalue weighted by molar-refractivity contribution is 8.00. The topological polar surface area (TPSA) is 286 Å². The van der Waals surface area contributed by atoms with E-state index in [-0.39, 0.29) is 61.8 Å². The number of hydrogen-bond acceptors (Lipinski definition) is 15. The van der Waals surface area contributed by atoms with Gasteiger partial charge in [-0.1, -0.05) is 55.9 Å². The maximum absolute atomic E-state index is 15.4. The average Bonchev–Trinajstić information content (AvgIpc) is 4.20. The lowest BCUT2D eigenvalue weighted by molar-refractivity contribution is -0.172. The number of hydrogen-bond donors (Lipinski definition) is 7. The van der Waals surface area contributed by atoms with Gasteiger partial charge in [-0.15, -0.1) is 0 Å². The molecule has 8 amide bonds. The van der Waals surface area contributed by atoms with E-state index < -0.39 is 92.0 Å². The maximum Gasteiger partial charge on any atom is 0.343 e. The highest BCUT2D eigenvalue weighted by Gasteiger charge is 2.45. The molecule has 77 heavy (non-hydrogen) atoms. The molecule has 0 radical (unpaired) electrons. The van der Waals surface area contributed by atoms with Crippen LogP contribution in [0.4, 0.5) is 4.39 Å². The second-order valence-corrected chi connectivity index (χ2v) is 20.7. The average molecular weight is 1100 g/mol.